The number of nitrogens with one attached hydrogen (secondary N) is 1. The topological polar surface area (TPSA) is 142 Å². The van der Waals surface area contributed by atoms with Crippen LogP contribution in [-0.2, 0) is 14.8 Å². The van der Waals surface area contributed by atoms with Gasteiger partial charge in [-0.2, -0.15) is 4.31 Å². The van der Waals surface area contributed by atoms with E-state index in [-0.39, 0.29) is 28.4 Å². The van der Waals surface area contributed by atoms with Crippen molar-refractivity contribution in [2.45, 2.75) is 23.8 Å². The Morgan fingerprint density at radius 1 is 1.10 bits per heavy atom. The van der Waals surface area contributed by atoms with Crippen LogP contribution in [0.5, 0.6) is 17.2 Å². The smallest absolute Gasteiger partial charge is 0.335 e. The van der Waals surface area contributed by atoms with Crippen LogP contribution in [0.3, 0.4) is 0 Å². The van der Waals surface area contributed by atoms with Gasteiger partial charge in [-0.3, -0.25) is 4.79 Å². The zero-order valence-electron chi connectivity index (χ0n) is 16.9. The number of nitrogens with zero attached hydrogens (tertiary/aromatic N) is 1. The molecule has 10 nitrogen and oxygen atoms in total. The number of hydrogen-bond donors (Lipinski definition) is 3. The molecule has 1 unspecified atom stereocenters. The molecule has 1 aliphatic heterocycles. The van der Waals surface area contributed by atoms with Gasteiger partial charge in [-0.15, -0.1) is 0 Å². The highest BCUT2D eigenvalue weighted by Crippen LogP contribution is 2.33. The van der Waals surface area contributed by atoms with Crippen LogP contribution in [-0.4, -0.2) is 61.6 Å². The molecule has 0 aliphatic carbocycles. The molecule has 1 heterocycles. The summed E-state index contributed by atoms with van der Waals surface area (Å²) in [5.74, 6) is -1.67. The molecular weight excluding hydrogens is 428 g/mol. The van der Waals surface area contributed by atoms with Gasteiger partial charge in [-0.05, 0) is 43.2 Å². The summed E-state index contributed by atoms with van der Waals surface area (Å²) in [4.78, 5) is 23.7. The number of aromatic hydroxyl groups is 1. The van der Waals surface area contributed by atoms with Crippen molar-refractivity contribution in [2.24, 2.45) is 0 Å². The minimum Gasteiger partial charge on any atom is -0.506 e. The van der Waals surface area contributed by atoms with E-state index in [1.54, 1.807) is 0 Å². The number of methoxy groups -OCH3 is 2. The van der Waals surface area contributed by atoms with E-state index in [4.69, 9.17) is 14.6 Å². The Hall–Kier alpha value is -3.31. The number of aromatic carboxylic acids is 1. The minimum atomic E-state index is -4.01. The summed E-state index contributed by atoms with van der Waals surface area (Å²) in [6, 6.07) is 6.67. The van der Waals surface area contributed by atoms with Gasteiger partial charge in [0, 0.05) is 12.6 Å². The number of carbonyl (C=O) groups excluding carboxylic acids is 1. The van der Waals surface area contributed by atoms with E-state index in [2.05, 4.69) is 5.32 Å². The third-order valence-corrected chi connectivity index (χ3v) is 6.87. The number of hydrogen-bond acceptors (Lipinski definition) is 7. The predicted octanol–water partition coefficient (Wildman–Crippen LogP) is 1.90. The largest absolute Gasteiger partial charge is 0.506 e. The molecule has 0 aromatic heterocycles. The van der Waals surface area contributed by atoms with Crippen molar-refractivity contribution in [3.05, 3.63) is 42.0 Å². The first-order valence-electron chi connectivity index (χ1n) is 9.30. The summed E-state index contributed by atoms with van der Waals surface area (Å²) in [7, 11) is -1.19. The fourth-order valence-electron chi connectivity index (χ4n) is 3.39. The van der Waals surface area contributed by atoms with Crippen LogP contribution in [0, 0.1) is 0 Å². The normalized spacial score (nSPS) is 16.6. The molecule has 166 valence electrons. The Morgan fingerprint density at radius 3 is 2.42 bits per heavy atom. The summed E-state index contributed by atoms with van der Waals surface area (Å²) in [5.41, 5.74) is -0.153. The lowest BCUT2D eigenvalue weighted by Crippen LogP contribution is -2.43. The van der Waals surface area contributed by atoms with E-state index in [1.165, 1.54) is 44.6 Å². The maximum atomic E-state index is 13.2. The van der Waals surface area contributed by atoms with E-state index in [1.807, 2.05) is 0 Å². The molecule has 11 heteroatoms. The number of benzene rings is 2. The zero-order chi connectivity index (χ0) is 22.8. The van der Waals surface area contributed by atoms with Gasteiger partial charge >= 0.3 is 5.97 Å². The number of carboxylic acid groups (broad SMARTS) is 1. The molecule has 1 amide bonds. The van der Waals surface area contributed by atoms with E-state index in [0.29, 0.717) is 18.6 Å². The van der Waals surface area contributed by atoms with Gasteiger partial charge in [0.2, 0.25) is 15.9 Å². The lowest BCUT2D eigenvalue weighted by Gasteiger charge is -2.24. The van der Waals surface area contributed by atoms with Crippen LogP contribution in [0.1, 0.15) is 23.2 Å². The predicted molar refractivity (Wildman–Crippen MR) is 110 cm³/mol. The molecular formula is C20H22N2O8S. The van der Waals surface area contributed by atoms with Gasteiger partial charge in [0.15, 0.2) is 11.5 Å². The van der Waals surface area contributed by atoms with Crippen molar-refractivity contribution < 1.29 is 37.7 Å². The zero-order valence-corrected chi connectivity index (χ0v) is 17.7. The van der Waals surface area contributed by atoms with Crippen LogP contribution in [0.25, 0.3) is 0 Å². The highest BCUT2D eigenvalue weighted by atomic mass is 32.2. The van der Waals surface area contributed by atoms with Gasteiger partial charge in [0.25, 0.3) is 0 Å². The first-order valence-corrected chi connectivity index (χ1v) is 10.7. The second-order valence-corrected chi connectivity index (χ2v) is 8.71. The second-order valence-electron chi connectivity index (χ2n) is 6.82. The maximum Gasteiger partial charge on any atom is 0.335 e. The molecule has 0 spiro atoms. The van der Waals surface area contributed by atoms with Crippen LogP contribution in [0.2, 0.25) is 0 Å². The molecule has 1 fully saturated rings. The number of rotatable bonds is 7. The minimum absolute atomic E-state index is 0.00892. The average Bonchev–Trinajstić information content (AvgIpc) is 3.25. The van der Waals surface area contributed by atoms with Crippen LogP contribution in [0.15, 0.2) is 41.3 Å². The van der Waals surface area contributed by atoms with Crippen molar-refractivity contribution in [1.82, 2.24) is 4.31 Å². The molecule has 2 aromatic carbocycles. The Balaban J connectivity index is 1.85. The van der Waals surface area contributed by atoms with Crippen molar-refractivity contribution in [2.75, 3.05) is 26.1 Å². The Kier molecular flexibility index (Phi) is 6.37. The molecule has 1 atom stereocenters. The number of carboxylic acids is 1. The van der Waals surface area contributed by atoms with Crippen molar-refractivity contribution in [3.8, 4) is 17.2 Å². The fraction of sp³-hybridized carbons (Fsp3) is 0.300. The lowest BCUT2D eigenvalue weighted by molar-refractivity contribution is -0.119. The number of anilines is 1. The monoisotopic (exact) mass is 450 g/mol. The van der Waals surface area contributed by atoms with E-state index in [9.17, 15) is 23.1 Å². The first kappa shape index (κ1) is 22.4. The molecule has 0 saturated carbocycles. The van der Waals surface area contributed by atoms with Gasteiger partial charge < -0.3 is 25.0 Å². The van der Waals surface area contributed by atoms with E-state index < -0.39 is 33.7 Å². The Bertz CT molecular complexity index is 1120. The van der Waals surface area contributed by atoms with Gasteiger partial charge in [0.1, 0.15) is 11.8 Å². The quantitative estimate of drug-likeness (QED) is 0.543. The van der Waals surface area contributed by atoms with Gasteiger partial charge in [-0.25, -0.2) is 13.2 Å². The molecule has 1 aliphatic rings. The van der Waals surface area contributed by atoms with Crippen molar-refractivity contribution in [3.63, 3.8) is 0 Å². The SMILES string of the molecule is COc1ccc(S(=O)(=O)N2CCCC2C(=O)Nc2ccc(C(=O)O)cc2O)cc1OC. The van der Waals surface area contributed by atoms with Crippen molar-refractivity contribution in [1.29, 1.82) is 0 Å². The third-order valence-electron chi connectivity index (χ3n) is 4.97. The standard InChI is InChI=1S/C20H22N2O8S/c1-29-17-8-6-13(11-18(17)30-2)31(27,28)22-9-3-4-15(22)19(24)21-14-7-5-12(20(25)26)10-16(14)23/h5-8,10-11,15,23H,3-4,9H2,1-2H3,(H,21,24)(H,25,26). The number of phenolic OH excluding ortho intramolecular Hbond substituents is 1. The third kappa shape index (κ3) is 4.42. The summed E-state index contributed by atoms with van der Waals surface area (Å²) in [6.45, 7) is 0.151. The van der Waals surface area contributed by atoms with Crippen LogP contribution in [0.4, 0.5) is 5.69 Å². The molecule has 3 rings (SSSR count). The van der Waals surface area contributed by atoms with Gasteiger partial charge in [0.05, 0.1) is 30.4 Å². The highest BCUT2D eigenvalue weighted by molar-refractivity contribution is 7.89. The summed E-state index contributed by atoms with van der Waals surface area (Å²) in [5, 5.41) is 21.5. The van der Waals surface area contributed by atoms with E-state index >= 15 is 0 Å². The molecule has 1 saturated heterocycles. The lowest BCUT2D eigenvalue weighted by atomic mass is 10.1. The molecule has 2 aromatic rings. The molecule has 0 bridgehead atoms. The number of sulfonamides is 1. The summed E-state index contributed by atoms with van der Waals surface area (Å²) in [6.07, 6.45) is 0.779. The van der Waals surface area contributed by atoms with E-state index in [0.717, 1.165) is 10.4 Å². The summed E-state index contributed by atoms with van der Waals surface area (Å²) < 4.78 is 37.8. The molecule has 31 heavy (non-hydrogen) atoms. The number of amides is 1. The second kappa shape index (κ2) is 8.82. The fourth-order valence-corrected chi connectivity index (χ4v) is 5.06. The first-order chi connectivity index (χ1) is 14.7. The Labute approximate surface area is 179 Å². The molecule has 0 radical (unpaired) electrons. The highest BCUT2D eigenvalue weighted by Gasteiger charge is 2.40. The Morgan fingerprint density at radius 2 is 1.81 bits per heavy atom. The number of carbonyl (C=O) groups is 2. The summed E-state index contributed by atoms with van der Waals surface area (Å²) >= 11 is 0. The maximum absolute atomic E-state index is 13.2. The molecule has 3 N–H and O–H groups in total. The number of phenols is 1. The van der Waals surface area contributed by atoms with Crippen LogP contribution < -0.4 is 14.8 Å². The van der Waals surface area contributed by atoms with Gasteiger partial charge in [-0.1, -0.05) is 0 Å². The van der Waals surface area contributed by atoms with Crippen molar-refractivity contribution >= 4 is 27.6 Å². The number of ether oxygens (including phenoxy) is 2. The van der Waals surface area contributed by atoms with Crippen LogP contribution >= 0.6 is 0 Å². The average molecular weight is 450 g/mol.